The molecule has 7 heteroatoms. The van der Waals surface area contributed by atoms with Gasteiger partial charge in [-0.15, -0.1) is 0 Å². The lowest BCUT2D eigenvalue weighted by Crippen LogP contribution is -2.31. The highest BCUT2D eigenvalue weighted by Gasteiger charge is 2.29. The fourth-order valence-electron chi connectivity index (χ4n) is 4.08. The van der Waals surface area contributed by atoms with E-state index in [4.69, 9.17) is 0 Å². The molecule has 1 aliphatic carbocycles. The number of imidazole rings is 1. The van der Waals surface area contributed by atoms with Crippen LogP contribution in [0.3, 0.4) is 0 Å². The Morgan fingerprint density at radius 3 is 2.75 bits per heavy atom. The number of hydrogen-bond donors (Lipinski definition) is 2. The minimum absolute atomic E-state index is 0.152. The maximum absolute atomic E-state index is 13.7. The van der Waals surface area contributed by atoms with Crippen molar-refractivity contribution in [2.45, 2.75) is 37.8 Å². The molecule has 1 unspecified atom stereocenters. The van der Waals surface area contributed by atoms with Crippen LogP contribution in [0.1, 0.15) is 53.8 Å². The predicted octanol–water partition coefficient (Wildman–Crippen LogP) is 3.28. The smallest absolute Gasteiger partial charge is 0.326 e. The normalized spacial score (nSPS) is 19.5. The fraction of sp³-hybridized carbons (Fsp3) is 0.333. The summed E-state index contributed by atoms with van der Waals surface area (Å²) in [6, 6.07) is 9.61. The Labute approximate surface area is 160 Å². The number of hydrogen-bond acceptors (Lipinski definition) is 3. The molecule has 0 radical (unpaired) electrons. The van der Waals surface area contributed by atoms with Crippen LogP contribution < -0.4 is 10.6 Å². The number of carbonyl (C=O) groups excluding carboxylic acids is 1. The molecule has 6 nitrogen and oxygen atoms in total. The van der Waals surface area contributed by atoms with Gasteiger partial charge in [0.2, 0.25) is 0 Å². The Bertz CT molecular complexity index is 1150. The molecule has 1 atom stereocenters. The van der Waals surface area contributed by atoms with Crippen molar-refractivity contribution in [3.63, 3.8) is 0 Å². The first-order valence-corrected chi connectivity index (χ1v) is 9.56. The van der Waals surface area contributed by atoms with Gasteiger partial charge in [-0.3, -0.25) is 9.36 Å². The Balaban J connectivity index is 1.56. The van der Waals surface area contributed by atoms with Crippen molar-refractivity contribution in [3.05, 3.63) is 63.8 Å². The molecule has 2 N–H and O–H groups in total. The van der Waals surface area contributed by atoms with Gasteiger partial charge in [0.1, 0.15) is 5.82 Å². The number of fused-ring (bicyclic) bond motifs is 2. The summed E-state index contributed by atoms with van der Waals surface area (Å²) >= 11 is 0. The molecule has 0 saturated heterocycles. The number of carbonyl (C=O) groups is 1. The molecule has 2 aliphatic rings. The maximum atomic E-state index is 13.7. The number of anilines is 1. The summed E-state index contributed by atoms with van der Waals surface area (Å²) in [5.74, 6) is -0.670. The van der Waals surface area contributed by atoms with Gasteiger partial charge >= 0.3 is 5.69 Å². The van der Waals surface area contributed by atoms with E-state index in [0.717, 1.165) is 18.4 Å². The van der Waals surface area contributed by atoms with Gasteiger partial charge in [-0.05, 0) is 62.1 Å². The van der Waals surface area contributed by atoms with Crippen molar-refractivity contribution in [1.82, 2.24) is 9.55 Å². The van der Waals surface area contributed by atoms with E-state index in [-0.39, 0.29) is 17.6 Å². The zero-order chi connectivity index (χ0) is 19.4. The molecule has 3 aromatic rings. The Hall–Kier alpha value is -2.93. The van der Waals surface area contributed by atoms with Crippen LogP contribution >= 0.6 is 0 Å². The second kappa shape index (κ2) is 6.31. The van der Waals surface area contributed by atoms with Gasteiger partial charge in [-0.2, -0.15) is 0 Å². The maximum Gasteiger partial charge on any atom is 0.326 e. The monoisotopic (exact) mass is 381 g/mol. The van der Waals surface area contributed by atoms with Crippen LogP contribution in [0.4, 0.5) is 10.1 Å². The summed E-state index contributed by atoms with van der Waals surface area (Å²) in [6.07, 6.45) is 2.28. The molecule has 5 rings (SSSR count). The molecule has 28 heavy (non-hydrogen) atoms. The molecular weight excluding hydrogens is 361 g/mol. The van der Waals surface area contributed by atoms with Gasteiger partial charge in [0.05, 0.1) is 17.1 Å². The third-order valence-corrected chi connectivity index (χ3v) is 5.62. The number of aromatic nitrogens is 2. The lowest BCUT2D eigenvalue weighted by molar-refractivity contribution is 0.0986. The molecule has 1 aromatic heterocycles. The highest BCUT2D eigenvalue weighted by Crippen LogP contribution is 2.36. The molecule has 0 spiro atoms. The van der Waals surface area contributed by atoms with Gasteiger partial charge in [-0.1, -0.05) is 0 Å². The van der Waals surface area contributed by atoms with Crippen molar-refractivity contribution >= 4 is 22.6 Å². The summed E-state index contributed by atoms with van der Waals surface area (Å²) in [7, 11) is 0. The van der Waals surface area contributed by atoms with Gasteiger partial charge in [0, 0.05) is 29.4 Å². The molecule has 1 aliphatic heterocycles. The zero-order valence-electron chi connectivity index (χ0n) is 15.2. The molecule has 2 heterocycles. The van der Waals surface area contributed by atoms with Crippen molar-refractivity contribution in [1.29, 1.82) is 0 Å². The third-order valence-electron chi connectivity index (χ3n) is 5.62. The van der Waals surface area contributed by atoms with Crippen molar-refractivity contribution < 1.29 is 14.3 Å². The quantitative estimate of drug-likeness (QED) is 0.715. The molecule has 1 amide bonds. The molecule has 1 saturated carbocycles. The summed E-state index contributed by atoms with van der Waals surface area (Å²) in [5, 5.41) is 10.3. The minimum atomic E-state index is -0.796. The molecule has 144 valence electrons. The van der Waals surface area contributed by atoms with Crippen LogP contribution in [-0.2, 0) is 0 Å². The lowest BCUT2D eigenvalue weighted by Gasteiger charge is -2.23. The average Bonchev–Trinajstić information content (AvgIpc) is 3.47. The van der Waals surface area contributed by atoms with Gasteiger partial charge in [0.25, 0.3) is 5.91 Å². The number of halogens is 1. The minimum Gasteiger partial charge on any atom is -0.388 e. The van der Waals surface area contributed by atoms with Gasteiger partial charge in [-0.25, -0.2) is 9.18 Å². The molecule has 1 fully saturated rings. The fourth-order valence-corrected chi connectivity index (χ4v) is 4.08. The average molecular weight is 381 g/mol. The van der Waals surface area contributed by atoms with E-state index in [9.17, 15) is 19.1 Å². The standard InChI is InChI=1S/C21H20FN3O3/c22-13-4-8-17-15(11-13)19(26)2-1-9-24(17)20(27)12-3-7-18-16(10-12)23-21(28)25(18)14-5-6-14/h3-4,7-8,10-11,14,19,26H,1-2,5-6,9H2,(H,23,28). The van der Waals surface area contributed by atoms with Crippen LogP contribution in [0.25, 0.3) is 11.0 Å². The van der Waals surface area contributed by atoms with Gasteiger partial charge < -0.3 is 15.0 Å². The second-order valence-electron chi connectivity index (χ2n) is 7.58. The van der Waals surface area contributed by atoms with E-state index >= 15 is 0 Å². The largest absolute Gasteiger partial charge is 0.388 e. The Morgan fingerprint density at radius 2 is 1.96 bits per heavy atom. The number of aliphatic hydroxyl groups is 1. The van der Waals surface area contributed by atoms with Crippen molar-refractivity contribution in [2.24, 2.45) is 0 Å². The first-order valence-electron chi connectivity index (χ1n) is 9.56. The topological polar surface area (TPSA) is 78.3 Å². The highest BCUT2D eigenvalue weighted by atomic mass is 19.1. The van der Waals surface area contributed by atoms with E-state index in [0.29, 0.717) is 41.7 Å². The van der Waals surface area contributed by atoms with Crippen molar-refractivity contribution in [2.75, 3.05) is 11.4 Å². The molecular formula is C21H20FN3O3. The van der Waals surface area contributed by atoms with Crippen LogP contribution in [0, 0.1) is 5.82 Å². The number of nitrogens with one attached hydrogen (secondary N) is 1. The van der Waals surface area contributed by atoms with Crippen LogP contribution in [0.5, 0.6) is 0 Å². The number of amides is 1. The van der Waals surface area contributed by atoms with E-state index < -0.39 is 11.9 Å². The number of benzene rings is 2. The number of nitrogens with zero attached hydrogens (tertiary/aromatic N) is 2. The Morgan fingerprint density at radius 1 is 1.14 bits per heavy atom. The van der Waals surface area contributed by atoms with Crippen LogP contribution in [0.2, 0.25) is 0 Å². The first kappa shape index (κ1) is 17.2. The zero-order valence-corrected chi connectivity index (χ0v) is 15.2. The molecule has 2 aromatic carbocycles. The Kier molecular flexibility index (Phi) is 3.87. The summed E-state index contributed by atoms with van der Waals surface area (Å²) in [4.78, 5) is 29.9. The summed E-state index contributed by atoms with van der Waals surface area (Å²) in [5.41, 5.74) is 2.69. The molecule has 0 bridgehead atoms. The lowest BCUT2D eigenvalue weighted by atomic mass is 10.0. The third kappa shape index (κ3) is 2.74. The summed E-state index contributed by atoms with van der Waals surface area (Å²) in [6.45, 7) is 0.437. The number of aromatic amines is 1. The predicted molar refractivity (Wildman–Crippen MR) is 103 cm³/mol. The highest BCUT2D eigenvalue weighted by molar-refractivity contribution is 6.08. The number of H-pyrrole nitrogens is 1. The van der Waals surface area contributed by atoms with Crippen molar-refractivity contribution in [3.8, 4) is 0 Å². The van der Waals surface area contributed by atoms with Crippen LogP contribution in [-0.4, -0.2) is 27.1 Å². The first-order chi connectivity index (χ1) is 13.5. The van der Waals surface area contributed by atoms with Crippen LogP contribution in [0.15, 0.2) is 41.2 Å². The number of aliphatic hydroxyl groups excluding tert-OH is 1. The SMILES string of the molecule is O=C(c1ccc2c(c1)[nH]c(=O)n2C1CC1)N1CCCC(O)c2cc(F)ccc21. The van der Waals surface area contributed by atoms with E-state index in [2.05, 4.69) is 4.98 Å². The second-order valence-corrected chi connectivity index (χ2v) is 7.58. The van der Waals surface area contributed by atoms with E-state index in [1.54, 1.807) is 33.7 Å². The van der Waals surface area contributed by atoms with Gasteiger partial charge in [0.15, 0.2) is 0 Å². The summed E-state index contributed by atoms with van der Waals surface area (Å²) < 4.78 is 15.4. The number of rotatable bonds is 2. The van der Waals surface area contributed by atoms with E-state index in [1.807, 2.05) is 0 Å². The van der Waals surface area contributed by atoms with E-state index in [1.165, 1.54) is 12.1 Å².